The second-order valence-corrected chi connectivity index (χ2v) is 7.64. The number of hydrogen-bond acceptors (Lipinski definition) is 5. The van der Waals surface area contributed by atoms with Crippen molar-refractivity contribution >= 4 is 22.7 Å². The Balaban J connectivity index is 1.65. The zero-order chi connectivity index (χ0) is 18.4. The predicted octanol–water partition coefficient (Wildman–Crippen LogP) is 5.60. The van der Waals surface area contributed by atoms with Gasteiger partial charge in [0, 0.05) is 10.4 Å². The van der Waals surface area contributed by atoms with Crippen molar-refractivity contribution < 1.29 is 4.74 Å². The van der Waals surface area contributed by atoms with E-state index in [9.17, 15) is 0 Å². The van der Waals surface area contributed by atoms with E-state index in [2.05, 4.69) is 48.4 Å². The van der Waals surface area contributed by atoms with Crippen LogP contribution in [0.4, 0.5) is 5.13 Å². The molecule has 0 saturated carbocycles. The van der Waals surface area contributed by atoms with Gasteiger partial charge in [-0.2, -0.15) is 5.10 Å². The van der Waals surface area contributed by atoms with E-state index in [1.165, 1.54) is 0 Å². The van der Waals surface area contributed by atoms with Crippen molar-refractivity contribution in [1.29, 1.82) is 0 Å². The highest BCUT2D eigenvalue weighted by atomic mass is 32.1. The van der Waals surface area contributed by atoms with Gasteiger partial charge in [0.1, 0.15) is 5.75 Å². The first-order chi connectivity index (χ1) is 12.6. The van der Waals surface area contributed by atoms with Crippen LogP contribution < -0.4 is 10.2 Å². The van der Waals surface area contributed by atoms with Gasteiger partial charge >= 0.3 is 0 Å². The number of nitrogens with one attached hydrogen (secondary N) is 1. The lowest BCUT2D eigenvalue weighted by molar-refractivity contribution is 0.271. The number of benzene rings is 2. The largest absolute Gasteiger partial charge is 0.493 e. The summed E-state index contributed by atoms with van der Waals surface area (Å²) in [6.07, 6.45) is 1.78. The summed E-state index contributed by atoms with van der Waals surface area (Å²) in [5, 5.41) is 5.10. The quantitative estimate of drug-likeness (QED) is 0.438. The van der Waals surface area contributed by atoms with Crippen molar-refractivity contribution in [3.05, 3.63) is 65.0 Å². The first-order valence-corrected chi connectivity index (χ1v) is 9.48. The van der Waals surface area contributed by atoms with E-state index in [1.807, 2.05) is 42.5 Å². The van der Waals surface area contributed by atoms with Crippen LogP contribution in [0.1, 0.15) is 24.3 Å². The molecule has 0 saturated heterocycles. The number of hydrazone groups is 1. The Morgan fingerprint density at radius 2 is 1.96 bits per heavy atom. The van der Waals surface area contributed by atoms with Gasteiger partial charge in [0.25, 0.3) is 0 Å². The number of rotatable bonds is 7. The Hall–Kier alpha value is -2.66. The Morgan fingerprint density at radius 3 is 2.73 bits per heavy atom. The van der Waals surface area contributed by atoms with E-state index in [0.717, 1.165) is 32.6 Å². The van der Waals surface area contributed by atoms with Gasteiger partial charge in [-0.3, -0.25) is 5.43 Å². The number of thiazole rings is 1. The van der Waals surface area contributed by atoms with Gasteiger partial charge in [0.2, 0.25) is 5.13 Å². The van der Waals surface area contributed by atoms with Gasteiger partial charge < -0.3 is 4.74 Å². The number of ether oxygens (including phenoxy) is 1. The van der Waals surface area contributed by atoms with E-state index in [4.69, 9.17) is 4.74 Å². The predicted molar refractivity (Wildman–Crippen MR) is 110 cm³/mol. The van der Waals surface area contributed by atoms with Gasteiger partial charge in [-0.05, 0) is 30.5 Å². The van der Waals surface area contributed by atoms with Crippen molar-refractivity contribution in [3.63, 3.8) is 0 Å². The van der Waals surface area contributed by atoms with E-state index in [-0.39, 0.29) is 0 Å². The van der Waals surface area contributed by atoms with Crippen molar-refractivity contribution in [1.82, 2.24) is 4.98 Å². The lowest BCUT2D eigenvalue weighted by Crippen LogP contribution is -2.04. The van der Waals surface area contributed by atoms with Crippen LogP contribution in [0.3, 0.4) is 0 Å². The lowest BCUT2D eigenvalue weighted by atomic mass is 10.1. The lowest BCUT2D eigenvalue weighted by Gasteiger charge is -2.08. The summed E-state index contributed by atoms with van der Waals surface area (Å²) >= 11 is 1.60. The molecule has 3 aromatic rings. The van der Waals surface area contributed by atoms with Crippen molar-refractivity contribution in [2.24, 2.45) is 11.0 Å². The number of aryl methyl sites for hydroxylation is 1. The van der Waals surface area contributed by atoms with Gasteiger partial charge in [0.05, 0.1) is 18.5 Å². The molecule has 0 atom stereocenters. The van der Waals surface area contributed by atoms with Crippen LogP contribution in [0.5, 0.6) is 5.75 Å². The molecule has 0 radical (unpaired) electrons. The standard InChI is InChI=1S/C21H23N3OS/c1-15(2)14-25-19-11-7-8-17(12-19)13-22-24-21-23-20(16(3)26-21)18-9-5-4-6-10-18/h4-13,15H,14H2,1-3H3,(H,23,24)/b22-13-. The molecule has 0 aliphatic rings. The molecule has 0 bridgehead atoms. The van der Waals surface area contributed by atoms with Crippen LogP contribution in [0, 0.1) is 12.8 Å². The molecule has 1 aromatic heterocycles. The van der Waals surface area contributed by atoms with Crippen molar-refractivity contribution in [2.75, 3.05) is 12.0 Å². The number of hydrogen-bond donors (Lipinski definition) is 1. The van der Waals surface area contributed by atoms with Crippen molar-refractivity contribution in [2.45, 2.75) is 20.8 Å². The van der Waals surface area contributed by atoms with Gasteiger partial charge in [-0.1, -0.05) is 56.3 Å². The fraction of sp³-hybridized carbons (Fsp3) is 0.238. The molecule has 0 fully saturated rings. The van der Waals surface area contributed by atoms with Crippen LogP contribution in [0.2, 0.25) is 0 Å². The minimum absolute atomic E-state index is 0.501. The Morgan fingerprint density at radius 1 is 1.15 bits per heavy atom. The average Bonchev–Trinajstić information content (AvgIpc) is 3.02. The third kappa shape index (κ3) is 4.92. The molecule has 134 valence electrons. The third-order valence-corrected chi connectivity index (χ3v) is 4.53. The maximum Gasteiger partial charge on any atom is 0.204 e. The van der Waals surface area contributed by atoms with Crippen LogP contribution in [0.15, 0.2) is 59.7 Å². The zero-order valence-electron chi connectivity index (χ0n) is 15.3. The van der Waals surface area contributed by atoms with Gasteiger partial charge in [-0.25, -0.2) is 4.98 Å². The van der Waals surface area contributed by atoms with Crippen LogP contribution in [-0.4, -0.2) is 17.8 Å². The summed E-state index contributed by atoms with van der Waals surface area (Å²) in [7, 11) is 0. The van der Waals surface area contributed by atoms with Crippen molar-refractivity contribution in [3.8, 4) is 17.0 Å². The molecule has 0 aliphatic heterocycles. The van der Waals surface area contributed by atoms with Gasteiger partial charge in [0.15, 0.2) is 0 Å². The SMILES string of the molecule is Cc1sc(N/N=C\c2cccc(OCC(C)C)c2)nc1-c1ccccc1. The van der Waals surface area contributed by atoms with E-state index < -0.39 is 0 Å². The molecule has 2 aromatic carbocycles. The molecule has 0 spiro atoms. The minimum Gasteiger partial charge on any atom is -0.493 e. The highest BCUT2D eigenvalue weighted by molar-refractivity contribution is 7.15. The fourth-order valence-corrected chi connectivity index (χ4v) is 3.20. The summed E-state index contributed by atoms with van der Waals surface area (Å²) in [5.74, 6) is 1.36. The molecule has 26 heavy (non-hydrogen) atoms. The highest BCUT2D eigenvalue weighted by Gasteiger charge is 2.08. The van der Waals surface area contributed by atoms with E-state index in [1.54, 1.807) is 17.6 Å². The first-order valence-electron chi connectivity index (χ1n) is 8.66. The third-order valence-electron chi connectivity index (χ3n) is 3.66. The fourth-order valence-electron chi connectivity index (χ4n) is 2.42. The maximum atomic E-state index is 5.75. The first kappa shape index (κ1) is 18.1. The number of nitrogens with zero attached hydrogens (tertiary/aromatic N) is 2. The summed E-state index contributed by atoms with van der Waals surface area (Å²) in [6, 6.07) is 18.1. The summed E-state index contributed by atoms with van der Waals surface area (Å²) in [5.41, 5.74) is 6.13. The number of aromatic nitrogens is 1. The smallest absolute Gasteiger partial charge is 0.204 e. The highest BCUT2D eigenvalue weighted by Crippen LogP contribution is 2.30. The monoisotopic (exact) mass is 365 g/mol. The summed E-state index contributed by atoms with van der Waals surface area (Å²) in [4.78, 5) is 5.81. The van der Waals surface area contributed by atoms with E-state index >= 15 is 0 Å². The molecule has 3 rings (SSSR count). The van der Waals surface area contributed by atoms with Gasteiger partial charge in [-0.15, -0.1) is 11.3 Å². The molecule has 0 aliphatic carbocycles. The molecule has 0 unspecified atom stereocenters. The average molecular weight is 366 g/mol. The zero-order valence-corrected chi connectivity index (χ0v) is 16.1. The van der Waals surface area contributed by atoms with Crippen LogP contribution in [0.25, 0.3) is 11.3 Å². The molecule has 0 amide bonds. The molecular weight excluding hydrogens is 342 g/mol. The second-order valence-electron chi connectivity index (χ2n) is 6.44. The summed E-state index contributed by atoms with van der Waals surface area (Å²) < 4.78 is 5.75. The molecule has 4 nitrogen and oxygen atoms in total. The Kier molecular flexibility index (Phi) is 6.02. The summed E-state index contributed by atoms with van der Waals surface area (Å²) in [6.45, 7) is 7.05. The maximum absolute atomic E-state index is 5.75. The molecule has 1 N–H and O–H groups in total. The van der Waals surface area contributed by atoms with Crippen LogP contribution in [-0.2, 0) is 0 Å². The molecule has 5 heteroatoms. The topological polar surface area (TPSA) is 46.5 Å². The second kappa shape index (κ2) is 8.63. The normalized spacial score (nSPS) is 11.2. The van der Waals surface area contributed by atoms with E-state index in [0.29, 0.717) is 12.5 Å². The molecular formula is C21H23N3OS. The minimum atomic E-state index is 0.501. The van der Waals surface area contributed by atoms with Crippen LogP contribution >= 0.6 is 11.3 Å². The Bertz CT molecular complexity index is 872. The number of anilines is 1. The molecule has 1 heterocycles. The Labute approximate surface area is 158 Å².